The maximum absolute atomic E-state index is 12.4. The number of hydrogen-bond donors (Lipinski definition) is 1. The van der Waals surface area contributed by atoms with Crippen molar-refractivity contribution in [2.45, 2.75) is 6.61 Å². The number of benzene rings is 3. The number of hydrogen-bond acceptors (Lipinski definition) is 5. The molecular weight excluding hydrogens is 531 g/mol. The van der Waals surface area contributed by atoms with Gasteiger partial charge in [-0.25, -0.2) is 0 Å². The third kappa shape index (κ3) is 6.38. The van der Waals surface area contributed by atoms with Gasteiger partial charge in [0.2, 0.25) is 0 Å². The number of nitrogens with one attached hydrogen (secondary N) is 1. The summed E-state index contributed by atoms with van der Waals surface area (Å²) < 4.78 is 11.3. The second-order valence-electron chi connectivity index (χ2n) is 7.24. The van der Waals surface area contributed by atoms with E-state index >= 15 is 0 Å². The van der Waals surface area contributed by atoms with E-state index < -0.39 is 5.91 Å². The lowest BCUT2D eigenvalue weighted by atomic mass is 10.2. The van der Waals surface area contributed by atoms with E-state index in [0.717, 1.165) is 17.3 Å². The van der Waals surface area contributed by atoms with Crippen molar-refractivity contribution in [3.63, 3.8) is 0 Å². The van der Waals surface area contributed by atoms with Crippen LogP contribution in [0.5, 0.6) is 11.5 Å². The highest BCUT2D eigenvalue weighted by atomic mass is 35.5. The SMILES string of the molecule is COc1cc(/C=C2\SC(=NC(=O)c3ccc(Cl)cc3)NC2=O)ccc1OCc1ccc(Cl)c(Cl)c1. The summed E-state index contributed by atoms with van der Waals surface area (Å²) >= 11 is 18.9. The number of methoxy groups -OCH3 is 1. The van der Waals surface area contributed by atoms with E-state index in [9.17, 15) is 9.59 Å². The van der Waals surface area contributed by atoms with Gasteiger partial charge in [-0.1, -0.05) is 46.9 Å². The van der Waals surface area contributed by atoms with Crippen molar-refractivity contribution in [1.82, 2.24) is 5.32 Å². The predicted molar refractivity (Wildman–Crippen MR) is 141 cm³/mol. The maximum atomic E-state index is 12.4. The Bertz CT molecular complexity index is 1360. The fourth-order valence-electron chi connectivity index (χ4n) is 3.06. The first-order chi connectivity index (χ1) is 16.8. The molecule has 1 aliphatic rings. The molecule has 0 spiro atoms. The van der Waals surface area contributed by atoms with Gasteiger partial charge in [0.05, 0.1) is 22.1 Å². The lowest BCUT2D eigenvalue weighted by molar-refractivity contribution is -0.115. The average molecular weight is 548 g/mol. The number of amidine groups is 1. The van der Waals surface area contributed by atoms with Crippen LogP contribution in [0.2, 0.25) is 15.1 Å². The summed E-state index contributed by atoms with van der Waals surface area (Å²) in [4.78, 5) is 29.1. The van der Waals surface area contributed by atoms with Gasteiger partial charge in [-0.15, -0.1) is 0 Å². The van der Waals surface area contributed by atoms with Gasteiger partial charge >= 0.3 is 0 Å². The van der Waals surface area contributed by atoms with E-state index in [-0.39, 0.29) is 17.7 Å². The van der Waals surface area contributed by atoms with Gasteiger partial charge in [0.15, 0.2) is 16.7 Å². The number of aliphatic imine (C=N–C) groups is 1. The van der Waals surface area contributed by atoms with Crippen LogP contribution in [0.3, 0.4) is 0 Å². The van der Waals surface area contributed by atoms with Gasteiger partial charge in [-0.2, -0.15) is 4.99 Å². The summed E-state index contributed by atoms with van der Waals surface area (Å²) in [5.74, 6) is 0.196. The van der Waals surface area contributed by atoms with E-state index in [0.29, 0.717) is 42.6 Å². The zero-order chi connectivity index (χ0) is 24.9. The van der Waals surface area contributed by atoms with Crippen molar-refractivity contribution >= 4 is 69.6 Å². The van der Waals surface area contributed by atoms with Crippen LogP contribution in [0.25, 0.3) is 6.08 Å². The third-order valence-electron chi connectivity index (χ3n) is 4.81. The molecule has 178 valence electrons. The van der Waals surface area contributed by atoms with Crippen molar-refractivity contribution in [3.8, 4) is 11.5 Å². The van der Waals surface area contributed by atoms with Crippen LogP contribution in [-0.4, -0.2) is 24.1 Å². The molecule has 0 atom stereocenters. The number of halogens is 3. The highest BCUT2D eigenvalue weighted by molar-refractivity contribution is 8.18. The first-order valence-corrected chi connectivity index (χ1v) is 12.1. The first kappa shape index (κ1) is 25.1. The summed E-state index contributed by atoms with van der Waals surface area (Å²) in [5.41, 5.74) is 1.94. The van der Waals surface area contributed by atoms with Crippen LogP contribution in [0.15, 0.2) is 70.6 Å². The predicted octanol–water partition coefficient (Wildman–Crippen LogP) is 6.63. The zero-order valence-corrected chi connectivity index (χ0v) is 21.3. The summed E-state index contributed by atoms with van der Waals surface area (Å²) in [6.45, 7) is 0.271. The Balaban J connectivity index is 1.46. The summed E-state index contributed by atoms with van der Waals surface area (Å²) in [6.07, 6.45) is 1.68. The largest absolute Gasteiger partial charge is 0.493 e. The van der Waals surface area contributed by atoms with Gasteiger partial charge in [0.1, 0.15) is 6.61 Å². The summed E-state index contributed by atoms with van der Waals surface area (Å²) in [5, 5.41) is 4.25. The molecule has 1 fully saturated rings. The molecule has 3 aromatic rings. The van der Waals surface area contributed by atoms with Crippen LogP contribution in [0.4, 0.5) is 0 Å². The number of nitrogens with zero attached hydrogens (tertiary/aromatic N) is 1. The van der Waals surface area contributed by atoms with Gasteiger partial charge in [0.25, 0.3) is 11.8 Å². The van der Waals surface area contributed by atoms with Crippen LogP contribution in [0.1, 0.15) is 21.5 Å². The maximum Gasteiger partial charge on any atom is 0.279 e. The second kappa shape index (κ2) is 11.2. The third-order valence-corrected chi connectivity index (χ3v) is 6.71. The molecular formula is C25H17Cl3N2O4S. The standard InChI is InChI=1S/C25H17Cl3N2O4S/c1-33-21-11-14(3-9-20(21)34-13-15-2-8-18(27)19(28)10-15)12-22-24(32)30-25(35-22)29-23(31)16-4-6-17(26)7-5-16/h2-12H,13H2,1H3,(H,29,30,31,32)/b22-12-. The van der Waals surface area contributed by atoms with E-state index in [4.69, 9.17) is 44.3 Å². The monoisotopic (exact) mass is 546 g/mol. The van der Waals surface area contributed by atoms with Crippen LogP contribution in [0, 0.1) is 0 Å². The number of ether oxygens (including phenoxy) is 2. The average Bonchev–Trinajstić information content (AvgIpc) is 3.18. The molecule has 0 unspecified atom stereocenters. The molecule has 1 N–H and O–H groups in total. The van der Waals surface area contributed by atoms with Gasteiger partial charge < -0.3 is 14.8 Å². The molecule has 1 saturated heterocycles. The van der Waals surface area contributed by atoms with E-state index in [1.54, 1.807) is 60.7 Å². The van der Waals surface area contributed by atoms with Crippen molar-refractivity contribution < 1.29 is 19.1 Å². The normalized spacial score (nSPS) is 15.4. The minimum atomic E-state index is -0.476. The van der Waals surface area contributed by atoms with E-state index in [2.05, 4.69) is 10.3 Å². The molecule has 1 aliphatic heterocycles. The molecule has 0 aromatic heterocycles. The topological polar surface area (TPSA) is 77.0 Å². The lowest BCUT2D eigenvalue weighted by Crippen LogP contribution is -2.20. The number of thioether (sulfide) groups is 1. The molecule has 1 heterocycles. The number of carbonyl (C=O) groups excluding carboxylic acids is 2. The Morgan fingerprint density at radius 2 is 1.77 bits per heavy atom. The Labute approximate surface area is 220 Å². The summed E-state index contributed by atoms with van der Waals surface area (Å²) in [6, 6.07) is 16.9. The van der Waals surface area contributed by atoms with Crippen molar-refractivity contribution in [2.24, 2.45) is 4.99 Å². The van der Waals surface area contributed by atoms with E-state index in [1.165, 1.54) is 7.11 Å². The highest BCUT2D eigenvalue weighted by Gasteiger charge is 2.25. The Morgan fingerprint density at radius 3 is 2.49 bits per heavy atom. The van der Waals surface area contributed by atoms with Crippen molar-refractivity contribution in [3.05, 3.63) is 97.3 Å². The lowest BCUT2D eigenvalue weighted by Gasteiger charge is -2.12. The molecule has 4 rings (SSSR count). The Morgan fingerprint density at radius 1 is 1.00 bits per heavy atom. The zero-order valence-electron chi connectivity index (χ0n) is 18.2. The Hall–Kier alpha value is -2.97. The van der Waals surface area contributed by atoms with Crippen molar-refractivity contribution in [1.29, 1.82) is 0 Å². The quantitative estimate of drug-likeness (QED) is 0.350. The minimum absolute atomic E-state index is 0.203. The number of rotatable bonds is 6. The molecule has 0 radical (unpaired) electrons. The van der Waals surface area contributed by atoms with Gasteiger partial charge in [0, 0.05) is 10.6 Å². The van der Waals surface area contributed by atoms with Crippen LogP contribution >= 0.6 is 46.6 Å². The minimum Gasteiger partial charge on any atom is -0.493 e. The first-order valence-electron chi connectivity index (χ1n) is 10.2. The van der Waals surface area contributed by atoms with Gasteiger partial charge in [-0.05, 0) is 77.5 Å². The van der Waals surface area contributed by atoms with Gasteiger partial charge in [-0.3, -0.25) is 9.59 Å². The van der Waals surface area contributed by atoms with Crippen LogP contribution < -0.4 is 14.8 Å². The fourth-order valence-corrected chi connectivity index (χ4v) is 4.33. The fraction of sp³-hybridized carbons (Fsp3) is 0.0800. The molecule has 6 nitrogen and oxygen atoms in total. The molecule has 3 aromatic carbocycles. The molecule has 2 amide bonds. The molecule has 0 aliphatic carbocycles. The number of carbonyl (C=O) groups is 2. The van der Waals surface area contributed by atoms with Crippen molar-refractivity contribution in [2.75, 3.05) is 7.11 Å². The number of amides is 2. The van der Waals surface area contributed by atoms with E-state index in [1.807, 2.05) is 6.07 Å². The molecule has 0 saturated carbocycles. The molecule has 35 heavy (non-hydrogen) atoms. The van der Waals surface area contributed by atoms with Crippen LogP contribution in [-0.2, 0) is 11.4 Å². The highest BCUT2D eigenvalue weighted by Crippen LogP contribution is 2.32. The molecule has 10 heteroatoms. The second-order valence-corrected chi connectivity index (χ2v) is 9.52. The smallest absolute Gasteiger partial charge is 0.279 e. The Kier molecular flexibility index (Phi) is 8.03. The summed E-state index contributed by atoms with van der Waals surface area (Å²) in [7, 11) is 1.53. The molecule has 0 bridgehead atoms.